The first kappa shape index (κ1) is 18.9. The molecule has 3 unspecified atom stereocenters. The van der Waals surface area contributed by atoms with Crippen molar-refractivity contribution in [2.45, 2.75) is 58.6 Å². The average molecular weight is 315 g/mol. The lowest BCUT2D eigenvalue weighted by atomic mass is 9.93. The van der Waals surface area contributed by atoms with Crippen LogP contribution in [0.3, 0.4) is 0 Å². The second kappa shape index (κ2) is 9.79. The zero-order valence-corrected chi connectivity index (χ0v) is 13.8. The summed E-state index contributed by atoms with van der Waals surface area (Å²) in [5.74, 6) is -0.893. The highest BCUT2D eigenvalue weighted by atomic mass is 16.5. The molecule has 0 bridgehead atoms. The molecule has 1 heterocycles. The topological polar surface area (TPSA) is 84.9 Å². The van der Waals surface area contributed by atoms with Crippen molar-refractivity contribution in [1.82, 2.24) is 5.32 Å². The highest BCUT2D eigenvalue weighted by Crippen LogP contribution is 2.18. The van der Waals surface area contributed by atoms with Gasteiger partial charge in [-0.1, -0.05) is 13.8 Å². The van der Waals surface area contributed by atoms with Crippen molar-refractivity contribution in [1.29, 1.82) is 0 Å². The number of ether oxygens (including phenoxy) is 2. The van der Waals surface area contributed by atoms with Crippen LogP contribution in [0.25, 0.3) is 0 Å². The Labute approximate surface area is 132 Å². The third kappa shape index (κ3) is 7.22. The van der Waals surface area contributed by atoms with E-state index in [0.717, 1.165) is 19.3 Å². The third-order valence-corrected chi connectivity index (χ3v) is 3.78. The van der Waals surface area contributed by atoms with Gasteiger partial charge in [-0.15, -0.1) is 0 Å². The number of rotatable bonds is 9. The molecule has 3 atom stereocenters. The zero-order chi connectivity index (χ0) is 16.5. The minimum atomic E-state index is -1.00. The second-order valence-corrected chi connectivity index (χ2v) is 6.42. The van der Waals surface area contributed by atoms with Crippen LogP contribution in [-0.2, 0) is 19.1 Å². The lowest BCUT2D eigenvalue weighted by Crippen LogP contribution is -2.48. The molecular weight excluding hydrogens is 286 g/mol. The van der Waals surface area contributed by atoms with Crippen molar-refractivity contribution in [2.24, 2.45) is 11.8 Å². The molecule has 0 saturated carbocycles. The first-order chi connectivity index (χ1) is 10.4. The average Bonchev–Trinajstić information content (AvgIpc) is 2.44. The SMILES string of the molecule is CC(C)CC(C)OCCC(=O)NC(C(=O)O)C1CCCOC1. The number of carbonyl (C=O) groups excluding carboxylic acids is 1. The fourth-order valence-electron chi connectivity index (χ4n) is 2.74. The highest BCUT2D eigenvalue weighted by Gasteiger charge is 2.31. The Morgan fingerprint density at radius 2 is 2.09 bits per heavy atom. The summed E-state index contributed by atoms with van der Waals surface area (Å²) >= 11 is 0. The van der Waals surface area contributed by atoms with Crippen molar-refractivity contribution in [3.8, 4) is 0 Å². The Morgan fingerprint density at radius 1 is 1.36 bits per heavy atom. The van der Waals surface area contributed by atoms with Gasteiger partial charge in [0, 0.05) is 18.9 Å². The van der Waals surface area contributed by atoms with E-state index in [1.165, 1.54) is 0 Å². The molecule has 1 saturated heterocycles. The van der Waals surface area contributed by atoms with Crippen LogP contribution in [0.1, 0.15) is 46.5 Å². The highest BCUT2D eigenvalue weighted by molar-refractivity contribution is 5.83. The molecule has 0 aromatic rings. The van der Waals surface area contributed by atoms with Gasteiger partial charge >= 0.3 is 5.97 Å². The van der Waals surface area contributed by atoms with E-state index in [4.69, 9.17) is 9.47 Å². The Kier molecular flexibility index (Phi) is 8.42. The first-order valence-corrected chi connectivity index (χ1v) is 8.11. The molecule has 22 heavy (non-hydrogen) atoms. The molecule has 0 aliphatic carbocycles. The van der Waals surface area contributed by atoms with E-state index in [-0.39, 0.29) is 24.3 Å². The maximum Gasteiger partial charge on any atom is 0.326 e. The molecule has 2 N–H and O–H groups in total. The summed E-state index contributed by atoms with van der Waals surface area (Å²) in [5.41, 5.74) is 0. The van der Waals surface area contributed by atoms with Gasteiger partial charge in [-0.3, -0.25) is 4.79 Å². The predicted octanol–water partition coefficient (Wildman–Crippen LogP) is 1.82. The van der Waals surface area contributed by atoms with Gasteiger partial charge in [-0.25, -0.2) is 4.79 Å². The standard InChI is InChI=1S/C16H29NO5/c1-11(2)9-12(3)22-8-6-14(18)17-15(16(19)20)13-5-4-7-21-10-13/h11-13,15H,4-10H2,1-3H3,(H,17,18)(H,19,20). The van der Waals surface area contributed by atoms with Crippen molar-refractivity contribution < 1.29 is 24.2 Å². The van der Waals surface area contributed by atoms with Crippen LogP contribution in [0, 0.1) is 11.8 Å². The van der Waals surface area contributed by atoms with Crippen molar-refractivity contribution in [2.75, 3.05) is 19.8 Å². The van der Waals surface area contributed by atoms with Gasteiger partial charge in [-0.05, 0) is 32.1 Å². The Hall–Kier alpha value is -1.14. The Morgan fingerprint density at radius 3 is 2.64 bits per heavy atom. The van der Waals surface area contributed by atoms with Crippen molar-refractivity contribution >= 4 is 11.9 Å². The number of amides is 1. The molecule has 128 valence electrons. The number of hydrogen-bond donors (Lipinski definition) is 2. The molecule has 1 aliphatic rings. The Balaban J connectivity index is 2.32. The van der Waals surface area contributed by atoms with E-state index < -0.39 is 12.0 Å². The maximum atomic E-state index is 11.9. The van der Waals surface area contributed by atoms with Crippen LogP contribution in [0.15, 0.2) is 0 Å². The van der Waals surface area contributed by atoms with Gasteiger partial charge < -0.3 is 19.9 Å². The molecule has 1 amide bonds. The van der Waals surface area contributed by atoms with E-state index in [0.29, 0.717) is 25.7 Å². The minimum Gasteiger partial charge on any atom is -0.480 e. The van der Waals surface area contributed by atoms with Crippen molar-refractivity contribution in [3.63, 3.8) is 0 Å². The number of hydrogen-bond acceptors (Lipinski definition) is 4. The largest absolute Gasteiger partial charge is 0.480 e. The molecular formula is C16H29NO5. The van der Waals surface area contributed by atoms with Gasteiger partial charge in [0.15, 0.2) is 0 Å². The van der Waals surface area contributed by atoms with Crippen LogP contribution in [0.2, 0.25) is 0 Å². The van der Waals surface area contributed by atoms with E-state index in [1.54, 1.807) is 0 Å². The molecule has 0 aromatic carbocycles. The van der Waals surface area contributed by atoms with E-state index in [9.17, 15) is 14.7 Å². The molecule has 1 rings (SSSR count). The van der Waals surface area contributed by atoms with Crippen LogP contribution in [0.4, 0.5) is 0 Å². The fourth-order valence-corrected chi connectivity index (χ4v) is 2.74. The molecule has 0 spiro atoms. The van der Waals surface area contributed by atoms with Crippen molar-refractivity contribution in [3.05, 3.63) is 0 Å². The van der Waals surface area contributed by atoms with Gasteiger partial charge in [0.05, 0.1) is 19.3 Å². The smallest absolute Gasteiger partial charge is 0.326 e. The van der Waals surface area contributed by atoms with Crippen LogP contribution < -0.4 is 5.32 Å². The summed E-state index contributed by atoms with van der Waals surface area (Å²) in [6.45, 7) is 7.59. The zero-order valence-electron chi connectivity index (χ0n) is 13.8. The van der Waals surface area contributed by atoms with Gasteiger partial charge in [0.2, 0.25) is 5.91 Å². The fraction of sp³-hybridized carbons (Fsp3) is 0.875. The van der Waals surface area contributed by atoms with Crippen LogP contribution in [-0.4, -0.2) is 48.9 Å². The Bertz CT molecular complexity index is 352. The number of carboxylic acid groups (broad SMARTS) is 1. The summed E-state index contributed by atoms with van der Waals surface area (Å²) in [7, 11) is 0. The lowest BCUT2D eigenvalue weighted by Gasteiger charge is -2.28. The van der Waals surface area contributed by atoms with E-state index in [2.05, 4.69) is 19.2 Å². The molecule has 1 aliphatic heterocycles. The minimum absolute atomic E-state index is 0.106. The quantitative estimate of drug-likeness (QED) is 0.678. The lowest BCUT2D eigenvalue weighted by molar-refractivity contribution is -0.145. The number of carboxylic acids is 1. The predicted molar refractivity (Wildman–Crippen MR) is 82.6 cm³/mol. The normalized spacial score (nSPS) is 21.4. The second-order valence-electron chi connectivity index (χ2n) is 6.42. The maximum absolute atomic E-state index is 11.9. The number of aliphatic carboxylic acids is 1. The molecule has 0 aromatic heterocycles. The van der Waals surface area contributed by atoms with Gasteiger partial charge in [0.1, 0.15) is 6.04 Å². The summed E-state index contributed by atoms with van der Waals surface area (Å²) in [5, 5.41) is 11.9. The number of carbonyl (C=O) groups is 2. The van der Waals surface area contributed by atoms with Crippen LogP contribution >= 0.6 is 0 Å². The van der Waals surface area contributed by atoms with Gasteiger partial charge in [-0.2, -0.15) is 0 Å². The summed E-state index contributed by atoms with van der Waals surface area (Å²) in [4.78, 5) is 23.2. The first-order valence-electron chi connectivity index (χ1n) is 8.11. The third-order valence-electron chi connectivity index (χ3n) is 3.78. The summed E-state index contributed by atoms with van der Waals surface area (Å²) in [6.07, 6.45) is 2.83. The molecule has 6 heteroatoms. The molecule has 0 radical (unpaired) electrons. The molecule has 6 nitrogen and oxygen atoms in total. The summed E-state index contributed by atoms with van der Waals surface area (Å²) < 4.78 is 10.9. The van der Waals surface area contributed by atoms with Crippen LogP contribution in [0.5, 0.6) is 0 Å². The van der Waals surface area contributed by atoms with E-state index >= 15 is 0 Å². The van der Waals surface area contributed by atoms with E-state index in [1.807, 2.05) is 6.92 Å². The number of nitrogens with one attached hydrogen (secondary N) is 1. The monoisotopic (exact) mass is 315 g/mol. The molecule has 1 fully saturated rings. The van der Waals surface area contributed by atoms with Gasteiger partial charge in [0.25, 0.3) is 0 Å². The summed E-state index contributed by atoms with van der Waals surface area (Å²) in [6, 6.07) is -0.874.